The first-order chi connectivity index (χ1) is 38.6. The molecule has 7 heterocycles. The molecule has 418 valence electrons. The zero-order valence-corrected chi connectivity index (χ0v) is 47.6. The summed E-state index contributed by atoms with van der Waals surface area (Å²) in [5.41, 5.74) is 12.8. The maximum Gasteiger partial charge on any atom is 0.339 e. The fourth-order valence-corrected chi connectivity index (χ4v) is 26.8. The van der Waals surface area contributed by atoms with Crippen LogP contribution in [-0.2, 0) is 26.3 Å². The van der Waals surface area contributed by atoms with Gasteiger partial charge >= 0.3 is 11.9 Å². The molecule has 7 aliphatic heterocycles. The Morgan fingerprint density at radius 3 is 2.54 bits per heavy atom. The number of allylic oxidation sites excluding steroid dienone is 4. The second-order valence-corrected chi connectivity index (χ2v) is 30.8. The van der Waals surface area contributed by atoms with Crippen molar-refractivity contribution in [1.29, 1.82) is 0 Å². The van der Waals surface area contributed by atoms with Crippen molar-refractivity contribution in [2.45, 2.75) is 217 Å². The van der Waals surface area contributed by atoms with Gasteiger partial charge in [-0.3, -0.25) is 9.69 Å². The minimum Gasteiger partial charge on any atom is -0.509 e. The Bertz CT molecular complexity index is 3050. The number of esters is 2. The minimum atomic E-state index is -1.16. The predicted octanol–water partition coefficient (Wildman–Crippen LogP) is 13.6. The maximum atomic E-state index is 16.9. The molecule has 79 heavy (non-hydrogen) atoms. The lowest BCUT2D eigenvalue weighted by molar-refractivity contribution is -0.282. The van der Waals surface area contributed by atoms with Crippen molar-refractivity contribution in [1.82, 2.24) is 9.80 Å². The SMILES string of the molecule is C[C@@H]1CC2=C3[C@H]4C5=C6[C@H](/C=C\[C@@H](C7CCCCC7)C[C@H]7[C@]68C(=O)O/C(=C(/O)C[C@H]6[C@@H]9CC%10(CCCC%10)[C@]%10(CCC[C@]%10%11CCC[C@@H]%11C#CC[C@@H]%10[C@@H]%11C[C@H](CN%106)[C@H](CC2)N3C%11)C9)[C@@]8(CC5)[C@]72OC(=O)c3c(CCCN)cccc32)C[C@H]41. The van der Waals surface area contributed by atoms with Crippen LogP contribution in [0.2, 0.25) is 0 Å². The highest BCUT2D eigenvalue weighted by molar-refractivity contribution is 6.00. The van der Waals surface area contributed by atoms with E-state index in [4.69, 9.17) is 15.2 Å². The Morgan fingerprint density at radius 1 is 0.810 bits per heavy atom. The van der Waals surface area contributed by atoms with Gasteiger partial charge in [-0.15, -0.1) is 5.92 Å². The first-order valence-corrected chi connectivity index (χ1v) is 33.5. The van der Waals surface area contributed by atoms with Gasteiger partial charge in [0.15, 0.2) is 11.4 Å². The van der Waals surface area contributed by atoms with Crippen LogP contribution in [0.15, 0.2) is 64.3 Å². The third kappa shape index (κ3) is 5.67. The molecule has 6 spiro atoms. The lowest BCUT2D eigenvalue weighted by atomic mass is 9.27. The van der Waals surface area contributed by atoms with Crippen molar-refractivity contribution in [2.75, 3.05) is 19.6 Å². The molecule has 3 N–H and O–H groups in total. The molecule has 1 aromatic rings. The van der Waals surface area contributed by atoms with Crippen molar-refractivity contribution in [3.63, 3.8) is 0 Å². The van der Waals surface area contributed by atoms with Gasteiger partial charge in [0.2, 0.25) is 0 Å². The van der Waals surface area contributed by atoms with Crippen LogP contribution in [-0.4, -0.2) is 64.6 Å². The van der Waals surface area contributed by atoms with Crippen LogP contribution in [0.25, 0.3) is 0 Å². The highest BCUT2D eigenvalue weighted by Crippen LogP contribution is 2.89. The van der Waals surface area contributed by atoms with Gasteiger partial charge in [0.05, 0.1) is 11.0 Å². The molecule has 17 aliphatic rings. The Labute approximate surface area is 470 Å². The number of hydrogen-bond donors (Lipinski definition) is 2. The van der Waals surface area contributed by atoms with Crippen molar-refractivity contribution in [2.24, 2.45) is 97.9 Å². The average molecular weight is 1060 g/mol. The van der Waals surface area contributed by atoms with Crippen LogP contribution in [0, 0.1) is 104 Å². The second-order valence-electron chi connectivity index (χ2n) is 30.8. The number of ether oxygens (including phenoxy) is 2. The normalized spacial score (nSPS) is 49.3. The monoisotopic (exact) mass is 1060 g/mol. The summed E-state index contributed by atoms with van der Waals surface area (Å²) in [7, 11) is 0. The van der Waals surface area contributed by atoms with Crippen LogP contribution < -0.4 is 5.73 Å². The fourth-order valence-electron chi connectivity index (χ4n) is 26.8. The largest absolute Gasteiger partial charge is 0.509 e. The van der Waals surface area contributed by atoms with E-state index in [0.717, 1.165) is 56.3 Å². The van der Waals surface area contributed by atoms with E-state index < -0.39 is 16.4 Å². The fraction of sp³-hybridized carbons (Fsp3) is 0.746. The van der Waals surface area contributed by atoms with Gasteiger partial charge in [-0.25, -0.2) is 4.79 Å². The standard InChI is InChI=1S/C71H89N3O5/c1-41-32-46-22-23-55-47-33-48-40-74(55)62(46)60-51-24-30-69-63(57(75)36-56-49-37-66(25-5-6-26-66)68(38-49)29-11-28-67(68)27-9-17-50(67)16-8-19-54(48)73(56)39-47)78-65(77)70(69)58(71(69)53-18-7-14-43(15-10-31-72)59(53)64(76)79-71)35-44(42-12-3-2-4-13-42)20-21-45(61(51)70)34-52(41)60/h7,14,18,20-21,41-42,44-45,47-50,52,54-56,58,60,75H,2-6,9-13,15,17,19,22-40,72H2,1H3/b21-20-,63-57+/t41-,44-,45-,47-,48-,49-,50+,52+,54-,55+,56+,58+,60+,67+,68+,69-,70-,71-/m1/s1. The summed E-state index contributed by atoms with van der Waals surface area (Å²) in [5.74, 6) is 12.7. The average Bonchev–Trinajstić information content (AvgIpc) is 1.63. The maximum absolute atomic E-state index is 16.9. The molecule has 0 radical (unpaired) electrons. The summed E-state index contributed by atoms with van der Waals surface area (Å²) in [5, 5.41) is 14.3. The number of aliphatic hydroxyl groups excluding tert-OH is 1. The molecule has 10 aliphatic carbocycles. The lowest BCUT2D eigenvalue weighted by Gasteiger charge is -2.73. The van der Waals surface area contributed by atoms with E-state index in [1.807, 2.05) is 0 Å². The van der Waals surface area contributed by atoms with Gasteiger partial charge in [0, 0.05) is 73.1 Å². The van der Waals surface area contributed by atoms with E-state index in [-0.39, 0.29) is 47.1 Å². The van der Waals surface area contributed by atoms with Crippen molar-refractivity contribution >= 4 is 11.9 Å². The number of hydrogen-bond acceptors (Lipinski definition) is 8. The number of carbonyl (C=O) groups excluding carboxylic acids is 2. The topological polar surface area (TPSA) is 105 Å². The summed E-state index contributed by atoms with van der Waals surface area (Å²) in [6, 6.07) is 7.44. The molecule has 6 saturated carbocycles. The van der Waals surface area contributed by atoms with Crippen molar-refractivity contribution < 1.29 is 24.2 Å². The number of piperidine rings is 2. The molecular weight excluding hydrogens is 975 g/mol. The van der Waals surface area contributed by atoms with E-state index in [1.165, 1.54) is 140 Å². The molecule has 0 amide bonds. The predicted molar refractivity (Wildman–Crippen MR) is 303 cm³/mol. The summed E-state index contributed by atoms with van der Waals surface area (Å²) in [6.07, 6.45) is 38.5. The van der Waals surface area contributed by atoms with E-state index >= 15 is 9.59 Å². The molecule has 18 atom stereocenters. The molecule has 8 nitrogen and oxygen atoms in total. The van der Waals surface area contributed by atoms with Gasteiger partial charge < -0.3 is 25.2 Å². The minimum absolute atomic E-state index is 0.0908. The highest BCUT2D eigenvalue weighted by Gasteiger charge is 2.94. The number of fused-ring (bicyclic) bond motifs is 8. The quantitative estimate of drug-likeness (QED) is 0.175. The summed E-state index contributed by atoms with van der Waals surface area (Å²) < 4.78 is 15.0. The van der Waals surface area contributed by atoms with Gasteiger partial charge in [0.25, 0.3) is 0 Å². The van der Waals surface area contributed by atoms with E-state index in [0.29, 0.717) is 107 Å². The van der Waals surface area contributed by atoms with E-state index in [2.05, 4.69) is 58.9 Å². The van der Waals surface area contributed by atoms with Crippen molar-refractivity contribution in [3.05, 3.63) is 81.0 Å². The Balaban J connectivity index is 0.912. The second kappa shape index (κ2) is 16.7. The third-order valence-corrected chi connectivity index (χ3v) is 28.9. The Morgan fingerprint density at radius 2 is 1.67 bits per heavy atom. The molecule has 18 rings (SSSR count). The van der Waals surface area contributed by atoms with Crippen LogP contribution in [0.5, 0.6) is 0 Å². The molecule has 8 heteroatoms. The number of carbonyl (C=O) groups is 2. The number of aliphatic hydroxyl groups is 1. The van der Waals surface area contributed by atoms with Crippen LogP contribution in [0.1, 0.15) is 208 Å². The molecule has 10 bridgehead atoms. The van der Waals surface area contributed by atoms with E-state index in [1.54, 1.807) is 16.8 Å². The number of benzene rings is 1. The first-order valence-electron chi connectivity index (χ1n) is 33.5. The zero-order valence-electron chi connectivity index (χ0n) is 47.6. The van der Waals surface area contributed by atoms with Crippen molar-refractivity contribution in [3.8, 4) is 11.8 Å². The number of nitrogens with two attached hydrogens (primary N) is 1. The summed E-state index contributed by atoms with van der Waals surface area (Å²) in [4.78, 5) is 38.5. The molecule has 1 aromatic carbocycles. The number of aryl methyl sites for hydroxylation is 1. The summed E-state index contributed by atoms with van der Waals surface area (Å²) in [6.45, 7) is 5.31. The van der Waals surface area contributed by atoms with Crippen LogP contribution in [0.4, 0.5) is 0 Å². The van der Waals surface area contributed by atoms with Crippen LogP contribution >= 0.6 is 0 Å². The Kier molecular flexibility index (Phi) is 10.3. The summed E-state index contributed by atoms with van der Waals surface area (Å²) >= 11 is 0. The van der Waals surface area contributed by atoms with Crippen LogP contribution in [0.3, 0.4) is 0 Å². The molecule has 0 aromatic heterocycles. The lowest BCUT2D eigenvalue weighted by Crippen LogP contribution is -2.78. The Hall–Kier alpha value is -3.80. The number of rotatable bonds is 4. The van der Waals surface area contributed by atoms with E-state index in [9.17, 15) is 5.11 Å². The molecular formula is C71H89N3O5. The van der Waals surface area contributed by atoms with Gasteiger partial charge in [-0.2, -0.15) is 0 Å². The van der Waals surface area contributed by atoms with Gasteiger partial charge in [-0.1, -0.05) is 99.3 Å². The number of nitrogens with zero attached hydrogens (tertiary/aromatic N) is 2. The molecule has 3 saturated heterocycles. The van der Waals surface area contributed by atoms with Gasteiger partial charge in [0.1, 0.15) is 11.2 Å². The highest BCUT2D eigenvalue weighted by atomic mass is 16.6. The smallest absolute Gasteiger partial charge is 0.339 e. The molecule has 9 fully saturated rings. The zero-order chi connectivity index (χ0) is 52.6. The first kappa shape index (κ1) is 48.7. The van der Waals surface area contributed by atoms with Gasteiger partial charge in [-0.05, 0) is 210 Å². The molecule has 0 unspecified atom stereocenters. The third-order valence-electron chi connectivity index (χ3n) is 28.9.